The van der Waals surface area contributed by atoms with Crippen LogP contribution in [0.2, 0.25) is 5.02 Å². The topological polar surface area (TPSA) is 30.5 Å². The molecular formula is C23H24Cl2FNO2. The van der Waals surface area contributed by atoms with Crippen molar-refractivity contribution >= 4 is 24.0 Å². The summed E-state index contributed by atoms with van der Waals surface area (Å²) in [4.78, 5) is 0. The highest BCUT2D eigenvalue weighted by atomic mass is 35.5. The van der Waals surface area contributed by atoms with Crippen LogP contribution >= 0.6 is 24.0 Å². The Morgan fingerprint density at radius 3 is 2.38 bits per heavy atom. The molecule has 0 aromatic heterocycles. The molecule has 0 bridgehead atoms. The van der Waals surface area contributed by atoms with Gasteiger partial charge in [0.1, 0.15) is 12.4 Å². The van der Waals surface area contributed by atoms with Crippen LogP contribution in [-0.4, -0.2) is 13.7 Å². The van der Waals surface area contributed by atoms with Gasteiger partial charge in [0.05, 0.1) is 7.11 Å². The summed E-state index contributed by atoms with van der Waals surface area (Å²) in [5.74, 6) is 1.17. The molecule has 3 rings (SSSR count). The van der Waals surface area contributed by atoms with Gasteiger partial charge >= 0.3 is 0 Å². The van der Waals surface area contributed by atoms with Crippen molar-refractivity contribution in [1.82, 2.24) is 5.32 Å². The maximum absolute atomic E-state index is 13.6. The van der Waals surface area contributed by atoms with Gasteiger partial charge in [0, 0.05) is 17.1 Å². The smallest absolute Gasteiger partial charge is 0.161 e. The van der Waals surface area contributed by atoms with Gasteiger partial charge in [-0.25, -0.2) is 4.39 Å². The third kappa shape index (κ3) is 6.64. The van der Waals surface area contributed by atoms with Gasteiger partial charge in [0.25, 0.3) is 0 Å². The van der Waals surface area contributed by atoms with E-state index < -0.39 is 0 Å². The molecule has 0 heterocycles. The van der Waals surface area contributed by atoms with Gasteiger partial charge in [-0.05, 0) is 48.4 Å². The average molecular weight is 436 g/mol. The van der Waals surface area contributed by atoms with Crippen molar-refractivity contribution < 1.29 is 13.9 Å². The molecule has 3 aromatic rings. The lowest BCUT2D eigenvalue weighted by Crippen LogP contribution is -2.17. The molecule has 0 saturated heterocycles. The molecule has 0 aliphatic carbocycles. The molecule has 1 N–H and O–H groups in total. The van der Waals surface area contributed by atoms with Crippen molar-refractivity contribution in [2.24, 2.45) is 0 Å². The summed E-state index contributed by atoms with van der Waals surface area (Å²) in [7, 11) is 1.62. The van der Waals surface area contributed by atoms with Gasteiger partial charge in [0.2, 0.25) is 0 Å². The van der Waals surface area contributed by atoms with Crippen molar-refractivity contribution in [1.29, 1.82) is 0 Å². The van der Waals surface area contributed by atoms with E-state index in [9.17, 15) is 4.39 Å². The van der Waals surface area contributed by atoms with Crippen LogP contribution in [0, 0.1) is 5.82 Å². The molecule has 0 unspecified atom stereocenters. The molecule has 0 amide bonds. The van der Waals surface area contributed by atoms with E-state index in [0.29, 0.717) is 42.6 Å². The summed E-state index contributed by atoms with van der Waals surface area (Å²) in [5, 5.41) is 4.01. The number of methoxy groups -OCH3 is 1. The van der Waals surface area contributed by atoms with Crippen LogP contribution in [0.4, 0.5) is 4.39 Å². The second-order valence-corrected chi connectivity index (χ2v) is 6.79. The van der Waals surface area contributed by atoms with Crippen molar-refractivity contribution in [2.75, 3.05) is 13.7 Å². The fourth-order valence-corrected chi connectivity index (χ4v) is 3.06. The normalized spacial score (nSPS) is 10.3. The Labute approximate surface area is 182 Å². The zero-order valence-electron chi connectivity index (χ0n) is 16.2. The van der Waals surface area contributed by atoms with Gasteiger partial charge in [-0.2, -0.15) is 0 Å². The molecule has 0 spiro atoms. The lowest BCUT2D eigenvalue weighted by molar-refractivity contribution is 0.284. The Bertz CT molecular complexity index is 921. The van der Waals surface area contributed by atoms with Crippen LogP contribution < -0.4 is 14.8 Å². The van der Waals surface area contributed by atoms with Crippen LogP contribution in [-0.2, 0) is 19.6 Å². The predicted molar refractivity (Wildman–Crippen MR) is 118 cm³/mol. The first-order valence-electron chi connectivity index (χ1n) is 9.14. The monoisotopic (exact) mass is 435 g/mol. The number of rotatable bonds is 9. The SMILES string of the molecule is COc1cc(CNCCc2ccccc2F)ccc1OCc1ccccc1Cl.Cl. The van der Waals surface area contributed by atoms with E-state index in [1.54, 1.807) is 13.2 Å². The first-order valence-corrected chi connectivity index (χ1v) is 9.52. The second-order valence-electron chi connectivity index (χ2n) is 6.38. The third-order valence-corrected chi connectivity index (χ3v) is 4.80. The van der Waals surface area contributed by atoms with Crippen LogP contribution in [0.1, 0.15) is 16.7 Å². The Balaban J connectivity index is 0.00000300. The molecule has 0 aliphatic heterocycles. The minimum atomic E-state index is -0.161. The number of benzene rings is 3. The second kappa shape index (κ2) is 11.7. The summed E-state index contributed by atoms with van der Waals surface area (Å²) in [6, 6.07) is 20.3. The van der Waals surface area contributed by atoms with E-state index in [1.807, 2.05) is 54.6 Å². The highest BCUT2D eigenvalue weighted by Gasteiger charge is 2.08. The highest BCUT2D eigenvalue weighted by molar-refractivity contribution is 6.31. The third-order valence-electron chi connectivity index (χ3n) is 4.43. The molecule has 0 fully saturated rings. The molecule has 0 saturated carbocycles. The van der Waals surface area contributed by atoms with Gasteiger partial charge in [-0.3, -0.25) is 0 Å². The quantitative estimate of drug-likeness (QED) is 0.429. The zero-order chi connectivity index (χ0) is 19.8. The first kappa shape index (κ1) is 23.0. The average Bonchev–Trinajstić information content (AvgIpc) is 2.72. The summed E-state index contributed by atoms with van der Waals surface area (Å²) in [6.45, 7) is 1.72. The van der Waals surface area contributed by atoms with E-state index in [-0.39, 0.29) is 18.2 Å². The Kier molecular flexibility index (Phi) is 9.26. The lowest BCUT2D eigenvalue weighted by Gasteiger charge is -2.13. The molecule has 0 atom stereocenters. The first-order chi connectivity index (χ1) is 13.7. The van der Waals surface area contributed by atoms with Crippen molar-refractivity contribution in [2.45, 2.75) is 19.6 Å². The minimum Gasteiger partial charge on any atom is -0.493 e. The molecular weight excluding hydrogens is 412 g/mol. The van der Waals surface area contributed by atoms with Gasteiger partial charge in [0.15, 0.2) is 11.5 Å². The van der Waals surface area contributed by atoms with Crippen LogP contribution in [0.3, 0.4) is 0 Å². The Morgan fingerprint density at radius 2 is 1.66 bits per heavy atom. The van der Waals surface area contributed by atoms with Crippen molar-refractivity contribution in [3.8, 4) is 11.5 Å². The number of hydrogen-bond donors (Lipinski definition) is 1. The molecule has 3 aromatic carbocycles. The number of ether oxygens (including phenoxy) is 2. The Morgan fingerprint density at radius 1 is 0.931 bits per heavy atom. The largest absolute Gasteiger partial charge is 0.493 e. The van der Waals surface area contributed by atoms with E-state index in [4.69, 9.17) is 21.1 Å². The number of halogens is 3. The molecule has 0 radical (unpaired) electrons. The van der Waals surface area contributed by atoms with E-state index in [0.717, 1.165) is 16.7 Å². The van der Waals surface area contributed by atoms with Crippen LogP contribution in [0.25, 0.3) is 0 Å². The van der Waals surface area contributed by atoms with Crippen molar-refractivity contribution in [3.63, 3.8) is 0 Å². The summed E-state index contributed by atoms with van der Waals surface area (Å²) in [6.07, 6.45) is 0.642. The molecule has 3 nitrogen and oxygen atoms in total. The van der Waals surface area contributed by atoms with Crippen LogP contribution in [0.5, 0.6) is 11.5 Å². The number of hydrogen-bond acceptors (Lipinski definition) is 3. The minimum absolute atomic E-state index is 0. The van der Waals surface area contributed by atoms with Crippen LogP contribution in [0.15, 0.2) is 66.7 Å². The lowest BCUT2D eigenvalue weighted by atomic mass is 10.1. The predicted octanol–water partition coefficient (Wildman–Crippen LogP) is 5.82. The maximum atomic E-state index is 13.6. The fraction of sp³-hybridized carbons (Fsp3) is 0.217. The van der Waals surface area contributed by atoms with Crippen molar-refractivity contribution in [3.05, 3.63) is 94.3 Å². The van der Waals surface area contributed by atoms with E-state index >= 15 is 0 Å². The van der Waals surface area contributed by atoms with E-state index in [2.05, 4.69) is 5.32 Å². The van der Waals surface area contributed by atoms with Gasteiger partial charge in [-0.15, -0.1) is 12.4 Å². The van der Waals surface area contributed by atoms with Gasteiger partial charge < -0.3 is 14.8 Å². The standard InChI is InChI=1S/C23H23ClFNO2.ClH/c1-27-23-14-17(15-26-13-12-18-6-3-5-9-21(18)25)10-11-22(23)28-16-19-7-2-4-8-20(19)24;/h2-11,14,26H,12-13,15-16H2,1H3;1H. The highest BCUT2D eigenvalue weighted by Crippen LogP contribution is 2.29. The molecule has 29 heavy (non-hydrogen) atoms. The summed E-state index contributed by atoms with van der Waals surface area (Å²) < 4.78 is 25.0. The fourth-order valence-electron chi connectivity index (χ4n) is 2.87. The van der Waals surface area contributed by atoms with Gasteiger partial charge in [-0.1, -0.05) is 54.1 Å². The summed E-state index contributed by atoms with van der Waals surface area (Å²) >= 11 is 6.17. The molecule has 154 valence electrons. The number of nitrogens with one attached hydrogen (secondary N) is 1. The molecule has 0 aliphatic rings. The Hall–Kier alpha value is -2.27. The summed E-state index contributed by atoms with van der Waals surface area (Å²) in [5.41, 5.74) is 2.71. The maximum Gasteiger partial charge on any atom is 0.161 e. The molecule has 6 heteroatoms. The zero-order valence-corrected chi connectivity index (χ0v) is 17.7. The van der Waals surface area contributed by atoms with E-state index in [1.165, 1.54) is 6.07 Å².